The minimum Gasteiger partial charge on any atom is -0.494 e. The van der Waals surface area contributed by atoms with Gasteiger partial charge in [-0.25, -0.2) is 4.68 Å². The Morgan fingerprint density at radius 1 is 1.23 bits per heavy atom. The lowest BCUT2D eigenvalue weighted by Gasteiger charge is -2.20. The molecule has 3 rings (SSSR count). The van der Waals surface area contributed by atoms with Gasteiger partial charge in [-0.1, -0.05) is 12.1 Å². The van der Waals surface area contributed by atoms with E-state index in [0.29, 0.717) is 6.04 Å². The van der Waals surface area contributed by atoms with Gasteiger partial charge in [-0.2, -0.15) is 5.10 Å². The molecule has 1 aliphatic heterocycles. The van der Waals surface area contributed by atoms with Gasteiger partial charge in [-0.05, 0) is 64.3 Å². The van der Waals surface area contributed by atoms with Gasteiger partial charge in [0.1, 0.15) is 5.75 Å². The number of ether oxygens (including phenoxy) is 1. The first-order chi connectivity index (χ1) is 12.5. The van der Waals surface area contributed by atoms with Crippen molar-refractivity contribution in [2.75, 3.05) is 19.7 Å². The SMILES string of the molecule is CC1CCCN1CCCOc1ccc(-c2cnn(C(C)C)c(=O)c2)cc1. The second kappa shape index (κ2) is 8.49. The quantitative estimate of drug-likeness (QED) is 0.710. The van der Waals surface area contributed by atoms with Gasteiger partial charge in [0.2, 0.25) is 0 Å². The van der Waals surface area contributed by atoms with Crippen LogP contribution in [0.15, 0.2) is 41.3 Å². The third kappa shape index (κ3) is 4.52. The topological polar surface area (TPSA) is 47.4 Å². The highest BCUT2D eigenvalue weighted by Gasteiger charge is 2.19. The maximum absolute atomic E-state index is 12.1. The molecule has 1 saturated heterocycles. The number of nitrogens with zero attached hydrogens (tertiary/aromatic N) is 3. The molecule has 0 aliphatic carbocycles. The molecule has 1 aromatic carbocycles. The van der Waals surface area contributed by atoms with Crippen molar-refractivity contribution in [3.05, 3.63) is 46.9 Å². The van der Waals surface area contributed by atoms with Crippen LogP contribution in [0.3, 0.4) is 0 Å². The summed E-state index contributed by atoms with van der Waals surface area (Å²) in [6, 6.07) is 10.3. The van der Waals surface area contributed by atoms with Gasteiger partial charge in [0.25, 0.3) is 5.56 Å². The van der Waals surface area contributed by atoms with Crippen molar-refractivity contribution in [1.29, 1.82) is 0 Å². The van der Waals surface area contributed by atoms with E-state index in [9.17, 15) is 4.79 Å². The van der Waals surface area contributed by atoms with Gasteiger partial charge >= 0.3 is 0 Å². The predicted octanol–water partition coefficient (Wildman–Crippen LogP) is 3.74. The molecule has 5 heteroatoms. The van der Waals surface area contributed by atoms with E-state index < -0.39 is 0 Å². The standard InChI is InChI=1S/C21H29N3O2/c1-16(2)24-21(25)14-19(15-22-24)18-7-9-20(10-8-18)26-13-5-12-23-11-4-6-17(23)3/h7-10,14-17H,4-6,11-13H2,1-3H3. The van der Waals surface area contributed by atoms with Gasteiger partial charge in [0, 0.05) is 24.2 Å². The summed E-state index contributed by atoms with van der Waals surface area (Å²) in [5.41, 5.74) is 1.74. The average Bonchev–Trinajstić information content (AvgIpc) is 3.04. The second-order valence-corrected chi connectivity index (χ2v) is 7.37. The number of aromatic nitrogens is 2. The zero-order valence-electron chi connectivity index (χ0n) is 16.0. The minimum atomic E-state index is -0.0750. The average molecular weight is 355 g/mol. The Bertz CT molecular complexity index is 768. The molecule has 0 amide bonds. The van der Waals surface area contributed by atoms with Crippen LogP contribution < -0.4 is 10.3 Å². The maximum Gasteiger partial charge on any atom is 0.267 e. The fourth-order valence-corrected chi connectivity index (χ4v) is 3.49. The minimum absolute atomic E-state index is 0.0656. The fourth-order valence-electron chi connectivity index (χ4n) is 3.49. The number of benzene rings is 1. The molecule has 0 N–H and O–H groups in total. The number of hydrogen-bond donors (Lipinski definition) is 0. The largest absolute Gasteiger partial charge is 0.494 e. The number of hydrogen-bond acceptors (Lipinski definition) is 4. The summed E-state index contributed by atoms with van der Waals surface area (Å²) < 4.78 is 7.35. The van der Waals surface area contributed by atoms with Gasteiger partial charge in [-0.3, -0.25) is 4.79 Å². The third-order valence-corrected chi connectivity index (χ3v) is 5.05. The van der Waals surface area contributed by atoms with Crippen LogP contribution in [0.1, 0.15) is 46.1 Å². The third-order valence-electron chi connectivity index (χ3n) is 5.05. The summed E-state index contributed by atoms with van der Waals surface area (Å²) in [5.74, 6) is 0.867. The van der Waals surface area contributed by atoms with Crippen molar-refractivity contribution >= 4 is 0 Å². The Balaban J connectivity index is 1.53. The van der Waals surface area contributed by atoms with Crippen molar-refractivity contribution in [2.24, 2.45) is 0 Å². The van der Waals surface area contributed by atoms with Crippen molar-refractivity contribution in [2.45, 2.75) is 52.1 Å². The molecular weight excluding hydrogens is 326 g/mol. The summed E-state index contributed by atoms with van der Waals surface area (Å²) in [4.78, 5) is 14.6. The summed E-state index contributed by atoms with van der Waals surface area (Å²) in [6.07, 6.45) is 5.43. The van der Waals surface area contributed by atoms with Crippen LogP contribution in [-0.4, -0.2) is 40.4 Å². The molecule has 1 aromatic heterocycles. The fraction of sp³-hybridized carbons (Fsp3) is 0.524. The van der Waals surface area contributed by atoms with Crippen molar-refractivity contribution in [3.8, 4) is 16.9 Å². The highest BCUT2D eigenvalue weighted by Crippen LogP contribution is 2.21. The van der Waals surface area contributed by atoms with E-state index in [1.54, 1.807) is 12.3 Å². The smallest absolute Gasteiger partial charge is 0.267 e. The maximum atomic E-state index is 12.1. The Morgan fingerprint density at radius 3 is 2.62 bits per heavy atom. The van der Waals surface area contributed by atoms with Crippen LogP contribution in [0.4, 0.5) is 0 Å². The number of rotatable bonds is 7. The molecule has 1 atom stereocenters. The van der Waals surface area contributed by atoms with E-state index in [2.05, 4.69) is 16.9 Å². The van der Waals surface area contributed by atoms with E-state index in [-0.39, 0.29) is 11.6 Å². The molecular formula is C21H29N3O2. The lowest BCUT2D eigenvalue weighted by molar-refractivity contribution is 0.230. The summed E-state index contributed by atoms with van der Waals surface area (Å²) in [7, 11) is 0. The highest BCUT2D eigenvalue weighted by molar-refractivity contribution is 5.62. The van der Waals surface area contributed by atoms with Crippen LogP contribution in [0.2, 0.25) is 0 Å². The number of likely N-dealkylation sites (tertiary alicyclic amines) is 1. The van der Waals surface area contributed by atoms with Gasteiger partial charge in [-0.15, -0.1) is 0 Å². The van der Waals surface area contributed by atoms with Crippen LogP contribution in [0.5, 0.6) is 5.75 Å². The van der Waals surface area contributed by atoms with Crippen LogP contribution in [0, 0.1) is 0 Å². The molecule has 0 radical (unpaired) electrons. The van der Waals surface area contributed by atoms with E-state index in [0.717, 1.165) is 36.4 Å². The summed E-state index contributed by atoms with van der Waals surface area (Å²) >= 11 is 0. The molecule has 0 bridgehead atoms. The Kier molecular flexibility index (Phi) is 6.09. The van der Waals surface area contributed by atoms with E-state index >= 15 is 0 Å². The molecule has 0 spiro atoms. The van der Waals surface area contributed by atoms with Crippen LogP contribution in [-0.2, 0) is 0 Å². The Morgan fingerprint density at radius 2 is 2.00 bits per heavy atom. The molecule has 2 heterocycles. The molecule has 1 aliphatic rings. The molecule has 140 valence electrons. The van der Waals surface area contributed by atoms with Crippen molar-refractivity contribution < 1.29 is 4.74 Å². The summed E-state index contributed by atoms with van der Waals surface area (Å²) in [6.45, 7) is 9.27. The predicted molar refractivity (Wildman–Crippen MR) is 105 cm³/mol. The summed E-state index contributed by atoms with van der Waals surface area (Å²) in [5, 5.41) is 4.25. The first kappa shape index (κ1) is 18.6. The molecule has 0 saturated carbocycles. The highest BCUT2D eigenvalue weighted by atomic mass is 16.5. The van der Waals surface area contributed by atoms with Crippen molar-refractivity contribution in [3.63, 3.8) is 0 Å². The van der Waals surface area contributed by atoms with Crippen LogP contribution >= 0.6 is 0 Å². The molecule has 1 unspecified atom stereocenters. The van der Waals surface area contributed by atoms with E-state index in [4.69, 9.17) is 4.74 Å². The van der Waals surface area contributed by atoms with Crippen molar-refractivity contribution in [1.82, 2.24) is 14.7 Å². The molecule has 2 aromatic rings. The zero-order valence-corrected chi connectivity index (χ0v) is 16.0. The van der Waals surface area contributed by atoms with Gasteiger partial charge in [0.15, 0.2) is 0 Å². The Labute approximate surface area is 155 Å². The monoisotopic (exact) mass is 355 g/mol. The van der Waals surface area contributed by atoms with E-state index in [1.165, 1.54) is 24.1 Å². The lowest BCUT2D eigenvalue weighted by atomic mass is 10.1. The zero-order chi connectivity index (χ0) is 18.5. The second-order valence-electron chi connectivity index (χ2n) is 7.37. The van der Waals surface area contributed by atoms with Crippen LogP contribution in [0.25, 0.3) is 11.1 Å². The normalized spacial score (nSPS) is 17.8. The Hall–Kier alpha value is -2.14. The lowest BCUT2D eigenvalue weighted by Crippen LogP contribution is -2.28. The first-order valence-corrected chi connectivity index (χ1v) is 9.61. The van der Waals surface area contributed by atoms with Gasteiger partial charge < -0.3 is 9.64 Å². The molecule has 26 heavy (non-hydrogen) atoms. The molecule has 5 nitrogen and oxygen atoms in total. The first-order valence-electron chi connectivity index (χ1n) is 9.61. The van der Waals surface area contributed by atoms with E-state index in [1.807, 2.05) is 38.1 Å². The van der Waals surface area contributed by atoms with Gasteiger partial charge in [0.05, 0.1) is 18.8 Å². The molecule has 1 fully saturated rings.